The summed E-state index contributed by atoms with van der Waals surface area (Å²) in [6.45, 7) is 11.7. The summed E-state index contributed by atoms with van der Waals surface area (Å²) in [6.07, 6.45) is -0.550. The van der Waals surface area contributed by atoms with Gasteiger partial charge in [0.05, 0.1) is 32.5 Å². The van der Waals surface area contributed by atoms with Crippen LogP contribution in [0.3, 0.4) is 0 Å². The van der Waals surface area contributed by atoms with E-state index in [0.29, 0.717) is 13.0 Å². The molecule has 0 bridgehead atoms. The Bertz CT molecular complexity index is 1100. The Kier molecular flexibility index (Phi) is 8.80. The van der Waals surface area contributed by atoms with Gasteiger partial charge in [-0.15, -0.1) is 0 Å². The van der Waals surface area contributed by atoms with Gasteiger partial charge in [0.25, 0.3) is 0 Å². The fraction of sp³-hybridized carbons (Fsp3) is 0.438. The first-order chi connectivity index (χ1) is 18.1. The molecular formula is C32H42O5Si. The van der Waals surface area contributed by atoms with Crippen LogP contribution in [0, 0.1) is 0 Å². The van der Waals surface area contributed by atoms with Crippen molar-refractivity contribution in [1.29, 1.82) is 0 Å². The molecule has 204 valence electrons. The smallest absolute Gasteiger partial charge is 0.192 e. The molecular weight excluding hydrogens is 492 g/mol. The lowest BCUT2D eigenvalue weighted by molar-refractivity contribution is -0.146. The number of ether oxygens (including phenoxy) is 3. The van der Waals surface area contributed by atoms with Crippen LogP contribution in [0.5, 0.6) is 5.75 Å². The average molecular weight is 535 g/mol. The Morgan fingerprint density at radius 2 is 1.37 bits per heavy atom. The van der Waals surface area contributed by atoms with Crippen LogP contribution in [0.4, 0.5) is 0 Å². The zero-order chi connectivity index (χ0) is 27.4. The van der Waals surface area contributed by atoms with Gasteiger partial charge in [-0.1, -0.05) is 93.6 Å². The van der Waals surface area contributed by atoms with Crippen molar-refractivity contribution in [2.45, 2.75) is 69.2 Å². The van der Waals surface area contributed by atoms with Crippen molar-refractivity contribution in [2.24, 2.45) is 0 Å². The predicted octanol–water partition coefficient (Wildman–Crippen LogP) is 6.54. The minimum absolute atomic E-state index is 0.0567. The maximum Gasteiger partial charge on any atom is 0.192 e. The van der Waals surface area contributed by atoms with Crippen LogP contribution in [0.1, 0.15) is 43.9 Å². The number of aliphatic hydroxyl groups excluding tert-OH is 1. The van der Waals surface area contributed by atoms with E-state index in [1.165, 1.54) is 0 Å². The summed E-state index contributed by atoms with van der Waals surface area (Å²) < 4.78 is 25.2. The number of hydrogen-bond acceptors (Lipinski definition) is 5. The normalized spacial score (nSPS) is 20.8. The highest BCUT2D eigenvalue weighted by Gasteiger charge is 2.44. The van der Waals surface area contributed by atoms with Crippen molar-refractivity contribution in [3.8, 4) is 5.75 Å². The summed E-state index contributed by atoms with van der Waals surface area (Å²) in [7, 11) is -0.388. The molecule has 0 amide bonds. The largest absolute Gasteiger partial charge is 0.497 e. The molecule has 0 radical (unpaired) electrons. The van der Waals surface area contributed by atoms with Crippen molar-refractivity contribution in [1.82, 2.24) is 0 Å². The van der Waals surface area contributed by atoms with Crippen molar-refractivity contribution in [2.75, 3.05) is 20.3 Å². The van der Waals surface area contributed by atoms with E-state index in [9.17, 15) is 5.11 Å². The zero-order valence-corrected chi connectivity index (χ0v) is 24.5. The van der Waals surface area contributed by atoms with Crippen LogP contribution in [-0.4, -0.2) is 52.1 Å². The SMILES string of the molecule is COc1ccc(C(OC[C@@H]2C[C@H](O[Si](C)(C)C(C)(C)C)[C@@H](O)CO2)(c2ccccc2)c2ccccc2)cc1. The number of aliphatic hydroxyl groups is 1. The number of methoxy groups -OCH3 is 1. The van der Waals surface area contributed by atoms with Gasteiger partial charge in [0, 0.05) is 6.42 Å². The van der Waals surface area contributed by atoms with Crippen LogP contribution in [0.2, 0.25) is 18.1 Å². The molecule has 0 saturated carbocycles. The molecule has 5 nitrogen and oxygen atoms in total. The molecule has 6 heteroatoms. The van der Waals surface area contributed by atoms with E-state index in [-0.39, 0.29) is 23.9 Å². The van der Waals surface area contributed by atoms with Crippen molar-refractivity contribution < 1.29 is 23.7 Å². The lowest BCUT2D eigenvalue weighted by Gasteiger charge is -2.44. The quantitative estimate of drug-likeness (QED) is 0.249. The molecule has 1 heterocycles. The van der Waals surface area contributed by atoms with Crippen molar-refractivity contribution >= 4 is 8.32 Å². The second-order valence-corrected chi connectivity index (χ2v) is 16.4. The highest BCUT2D eigenvalue weighted by molar-refractivity contribution is 6.74. The summed E-state index contributed by atoms with van der Waals surface area (Å²) in [4.78, 5) is 0. The van der Waals surface area contributed by atoms with Gasteiger partial charge in [-0.2, -0.15) is 0 Å². The Morgan fingerprint density at radius 1 is 0.842 bits per heavy atom. The predicted molar refractivity (Wildman–Crippen MR) is 154 cm³/mol. The fourth-order valence-electron chi connectivity index (χ4n) is 4.76. The van der Waals surface area contributed by atoms with Gasteiger partial charge < -0.3 is 23.7 Å². The monoisotopic (exact) mass is 534 g/mol. The van der Waals surface area contributed by atoms with Crippen LogP contribution >= 0.6 is 0 Å². The second kappa shape index (κ2) is 11.7. The van der Waals surface area contributed by atoms with Gasteiger partial charge >= 0.3 is 0 Å². The molecule has 1 saturated heterocycles. The molecule has 3 aromatic rings. The summed E-state index contributed by atoms with van der Waals surface area (Å²) in [6, 6.07) is 28.7. The summed E-state index contributed by atoms with van der Waals surface area (Å²) in [5, 5.41) is 10.8. The molecule has 1 aliphatic heterocycles. The van der Waals surface area contributed by atoms with Crippen LogP contribution in [-0.2, 0) is 19.5 Å². The maximum atomic E-state index is 10.7. The highest BCUT2D eigenvalue weighted by Crippen LogP contribution is 2.42. The maximum absolute atomic E-state index is 10.7. The third-order valence-electron chi connectivity index (χ3n) is 8.02. The first-order valence-corrected chi connectivity index (χ1v) is 16.3. The molecule has 3 atom stereocenters. The summed E-state index contributed by atoms with van der Waals surface area (Å²) in [5.74, 6) is 0.791. The van der Waals surface area contributed by atoms with E-state index in [1.54, 1.807) is 7.11 Å². The first-order valence-electron chi connectivity index (χ1n) is 13.4. The zero-order valence-electron chi connectivity index (χ0n) is 23.5. The van der Waals surface area contributed by atoms with Crippen molar-refractivity contribution in [3.05, 3.63) is 102 Å². The van der Waals surface area contributed by atoms with E-state index >= 15 is 0 Å². The van der Waals surface area contributed by atoms with Gasteiger partial charge in [-0.3, -0.25) is 0 Å². The minimum Gasteiger partial charge on any atom is -0.497 e. The second-order valence-electron chi connectivity index (χ2n) is 11.6. The third-order valence-corrected chi connectivity index (χ3v) is 12.5. The molecule has 4 rings (SSSR count). The molecule has 3 aromatic carbocycles. The molecule has 1 N–H and O–H groups in total. The van der Waals surface area contributed by atoms with Gasteiger partial charge in [0.1, 0.15) is 17.5 Å². The Morgan fingerprint density at radius 3 is 1.87 bits per heavy atom. The third kappa shape index (κ3) is 6.05. The molecule has 38 heavy (non-hydrogen) atoms. The lowest BCUT2D eigenvalue weighted by Crippen LogP contribution is -2.52. The Labute approximate surface area is 228 Å². The Balaban J connectivity index is 1.67. The van der Waals surface area contributed by atoms with E-state index in [0.717, 1.165) is 22.4 Å². The molecule has 0 spiro atoms. The van der Waals surface area contributed by atoms with Gasteiger partial charge in [0.15, 0.2) is 8.32 Å². The van der Waals surface area contributed by atoms with Crippen LogP contribution in [0.15, 0.2) is 84.9 Å². The van der Waals surface area contributed by atoms with E-state index in [4.69, 9.17) is 18.6 Å². The summed E-state index contributed by atoms with van der Waals surface area (Å²) >= 11 is 0. The van der Waals surface area contributed by atoms with E-state index < -0.39 is 20.0 Å². The van der Waals surface area contributed by atoms with Gasteiger partial charge in [0.2, 0.25) is 0 Å². The van der Waals surface area contributed by atoms with Crippen molar-refractivity contribution in [3.63, 3.8) is 0 Å². The van der Waals surface area contributed by atoms with Crippen LogP contribution < -0.4 is 4.74 Å². The van der Waals surface area contributed by atoms with Gasteiger partial charge in [-0.25, -0.2) is 0 Å². The lowest BCUT2D eigenvalue weighted by atomic mass is 9.80. The van der Waals surface area contributed by atoms with Crippen LogP contribution in [0.25, 0.3) is 0 Å². The molecule has 0 aromatic heterocycles. The molecule has 0 aliphatic carbocycles. The number of hydrogen-bond donors (Lipinski definition) is 1. The summed E-state index contributed by atoms with van der Waals surface area (Å²) in [5.41, 5.74) is 2.20. The number of rotatable bonds is 9. The Hall–Kier alpha value is -2.48. The first kappa shape index (κ1) is 28.5. The average Bonchev–Trinajstić information content (AvgIpc) is 2.91. The minimum atomic E-state index is -2.06. The topological polar surface area (TPSA) is 57.2 Å². The highest BCUT2D eigenvalue weighted by atomic mass is 28.4. The standard InChI is InChI=1S/C32H42O5Si/c1-31(2,3)38(5,6)37-30-21-28(35-23-29(30)33)22-36-32(24-13-9-7-10-14-24,25-15-11-8-12-16-25)26-17-19-27(34-4)20-18-26/h7-20,28-30,33H,21-23H2,1-6H3/t28-,29-,30-/m0/s1. The molecule has 1 fully saturated rings. The van der Waals surface area contributed by atoms with E-state index in [2.05, 4.69) is 70.3 Å². The van der Waals surface area contributed by atoms with E-state index in [1.807, 2.05) is 48.5 Å². The molecule has 0 unspecified atom stereocenters. The van der Waals surface area contributed by atoms with Gasteiger partial charge in [-0.05, 0) is 47.0 Å². The molecule has 1 aliphatic rings. The number of benzene rings is 3. The fourth-order valence-corrected chi connectivity index (χ4v) is 6.13.